The second-order valence-electron chi connectivity index (χ2n) is 5.90. The normalized spacial score (nSPS) is 19.4. The van der Waals surface area contributed by atoms with Crippen LogP contribution in [0, 0.1) is 0 Å². The van der Waals surface area contributed by atoms with Crippen LogP contribution in [0.15, 0.2) is 12.1 Å². The summed E-state index contributed by atoms with van der Waals surface area (Å²) in [6.07, 6.45) is 0. The Morgan fingerprint density at radius 2 is 1.71 bits per heavy atom. The minimum absolute atomic E-state index is 0.308. The Labute approximate surface area is 124 Å². The fraction of sp³-hybridized carbons (Fsp3) is 0.571. The summed E-state index contributed by atoms with van der Waals surface area (Å²) in [5.41, 5.74) is -0.135. The molecule has 1 aliphatic rings. The molecule has 0 unspecified atom stereocenters. The quantitative estimate of drug-likeness (QED) is 0.616. The molecule has 0 spiro atoms. The fourth-order valence-electron chi connectivity index (χ4n) is 1.95. The molecule has 114 valence electrons. The monoisotopic (exact) mass is 293 g/mol. The summed E-state index contributed by atoms with van der Waals surface area (Å²) in [6, 6.07) is 3.11. The first-order chi connectivity index (χ1) is 9.70. The summed E-state index contributed by atoms with van der Waals surface area (Å²) < 4.78 is 21.7. The zero-order chi connectivity index (χ0) is 15.8. The number of hydrogen-bond acceptors (Lipinski definition) is 6. The molecule has 7 heteroatoms. The number of esters is 1. The number of aromatic nitrogens is 1. The van der Waals surface area contributed by atoms with E-state index in [2.05, 4.69) is 4.98 Å². The molecule has 1 aliphatic heterocycles. The Morgan fingerprint density at radius 3 is 2.19 bits per heavy atom. The Balaban J connectivity index is 2.39. The third kappa shape index (κ3) is 2.89. The van der Waals surface area contributed by atoms with Crippen LogP contribution < -0.4 is 10.3 Å². The van der Waals surface area contributed by atoms with Gasteiger partial charge in [0.15, 0.2) is 0 Å². The van der Waals surface area contributed by atoms with Gasteiger partial charge in [-0.2, -0.15) is 0 Å². The van der Waals surface area contributed by atoms with Crippen LogP contribution in [0.4, 0.5) is 0 Å². The maximum Gasteiger partial charge on any atom is 0.514 e. The zero-order valence-corrected chi connectivity index (χ0v) is 13.2. The smallest absolute Gasteiger partial charge is 0.481 e. The van der Waals surface area contributed by atoms with Gasteiger partial charge in [0, 0.05) is 6.07 Å². The van der Waals surface area contributed by atoms with Gasteiger partial charge in [-0.15, -0.1) is 0 Å². The van der Waals surface area contributed by atoms with Gasteiger partial charge in [0.05, 0.1) is 36.6 Å². The van der Waals surface area contributed by atoms with E-state index in [1.165, 1.54) is 20.3 Å². The van der Waals surface area contributed by atoms with Crippen LogP contribution in [-0.2, 0) is 14.0 Å². The fourth-order valence-corrected chi connectivity index (χ4v) is 1.95. The van der Waals surface area contributed by atoms with Gasteiger partial charge in [0.25, 0.3) is 0 Å². The van der Waals surface area contributed by atoms with Crippen molar-refractivity contribution in [3.8, 4) is 5.88 Å². The Hall–Kier alpha value is -1.60. The lowest BCUT2D eigenvalue weighted by molar-refractivity contribution is 0.00578. The van der Waals surface area contributed by atoms with E-state index in [0.717, 1.165) is 0 Å². The molecule has 0 aliphatic carbocycles. The van der Waals surface area contributed by atoms with Crippen molar-refractivity contribution in [3.05, 3.63) is 17.7 Å². The van der Waals surface area contributed by atoms with E-state index < -0.39 is 24.3 Å². The van der Waals surface area contributed by atoms with Gasteiger partial charge >= 0.3 is 13.1 Å². The molecule has 1 saturated heterocycles. The summed E-state index contributed by atoms with van der Waals surface area (Å²) in [6.45, 7) is 7.81. The average Bonchev–Trinajstić information content (AvgIpc) is 2.66. The molecule has 1 fully saturated rings. The van der Waals surface area contributed by atoms with Crippen molar-refractivity contribution in [3.63, 3.8) is 0 Å². The van der Waals surface area contributed by atoms with Crippen molar-refractivity contribution in [1.29, 1.82) is 0 Å². The van der Waals surface area contributed by atoms with Crippen LogP contribution in [0.2, 0.25) is 0 Å². The van der Waals surface area contributed by atoms with Gasteiger partial charge in [0.1, 0.15) is 0 Å². The lowest BCUT2D eigenvalue weighted by atomic mass is 9.83. The highest BCUT2D eigenvalue weighted by Gasteiger charge is 2.52. The second kappa shape index (κ2) is 5.31. The molecule has 6 nitrogen and oxygen atoms in total. The standard InChI is InChI=1S/C14H20BNO5/c1-13(2)14(3,4)21-15(20-13)10-7-9(12(17)19-6)8-11(16-10)18-5/h7-8H,1-6H3. The Kier molecular flexibility index (Phi) is 3.99. The van der Waals surface area contributed by atoms with Crippen LogP contribution in [0.25, 0.3) is 0 Å². The average molecular weight is 293 g/mol. The van der Waals surface area contributed by atoms with Crippen LogP contribution in [0.1, 0.15) is 38.1 Å². The van der Waals surface area contributed by atoms with Gasteiger partial charge in [-0.25, -0.2) is 9.78 Å². The molecule has 0 N–H and O–H groups in total. The third-order valence-corrected chi connectivity index (χ3v) is 3.95. The molecular weight excluding hydrogens is 273 g/mol. The van der Waals surface area contributed by atoms with Crippen molar-refractivity contribution >= 4 is 18.7 Å². The molecule has 0 aromatic carbocycles. The van der Waals surface area contributed by atoms with Gasteiger partial charge in [-0.1, -0.05) is 0 Å². The number of nitrogens with zero attached hydrogens (tertiary/aromatic N) is 1. The highest BCUT2D eigenvalue weighted by molar-refractivity contribution is 6.61. The Bertz CT molecular complexity index is 542. The molecule has 1 aromatic rings. The van der Waals surface area contributed by atoms with E-state index in [9.17, 15) is 4.79 Å². The maximum absolute atomic E-state index is 11.7. The largest absolute Gasteiger partial charge is 0.514 e. The van der Waals surface area contributed by atoms with Crippen molar-refractivity contribution in [2.24, 2.45) is 0 Å². The first-order valence-corrected chi connectivity index (χ1v) is 6.70. The molecule has 1 aromatic heterocycles. The number of rotatable bonds is 3. The summed E-state index contributed by atoms with van der Waals surface area (Å²) >= 11 is 0. The highest BCUT2D eigenvalue weighted by atomic mass is 16.7. The van der Waals surface area contributed by atoms with E-state index >= 15 is 0 Å². The number of methoxy groups -OCH3 is 2. The second-order valence-corrected chi connectivity index (χ2v) is 5.90. The highest BCUT2D eigenvalue weighted by Crippen LogP contribution is 2.36. The molecule has 0 saturated carbocycles. The minimum atomic E-state index is -0.659. The third-order valence-electron chi connectivity index (χ3n) is 3.95. The number of carbonyl (C=O) groups is 1. The molecular formula is C14H20BNO5. The predicted octanol–water partition coefficient (Wildman–Crippen LogP) is 1.18. The predicted molar refractivity (Wildman–Crippen MR) is 77.8 cm³/mol. The van der Waals surface area contributed by atoms with Crippen molar-refractivity contribution in [1.82, 2.24) is 4.98 Å². The van der Waals surface area contributed by atoms with Crippen LogP contribution in [-0.4, -0.2) is 43.5 Å². The van der Waals surface area contributed by atoms with Gasteiger partial charge < -0.3 is 18.8 Å². The maximum atomic E-state index is 11.7. The van der Waals surface area contributed by atoms with E-state index in [4.69, 9.17) is 18.8 Å². The molecule has 0 radical (unpaired) electrons. The van der Waals surface area contributed by atoms with Gasteiger partial charge in [-0.3, -0.25) is 0 Å². The summed E-state index contributed by atoms with van der Waals surface area (Å²) in [5, 5.41) is 0. The van der Waals surface area contributed by atoms with Crippen molar-refractivity contribution < 1.29 is 23.6 Å². The topological polar surface area (TPSA) is 66.9 Å². The molecule has 0 amide bonds. The van der Waals surface area contributed by atoms with Gasteiger partial charge in [-0.05, 0) is 33.8 Å². The summed E-state index contributed by atoms with van der Waals surface area (Å²) in [7, 11) is 2.15. The molecule has 0 atom stereocenters. The number of hydrogen-bond donors (Lipinski definition) is 0. The van der Waals surface area contributed by atoms with E-state index in [-0.39, 0.29) is 0 Å². The van der Waals surface area contributed by atoms with Crippen LogP contribution >= 0.6 is 0 Å². The first kappa shape index (κ1) is 15.8. The van der Waals surface area contributed by atoms with E-state index in [1.54, 1.807) is 6.07 Å². The lowest BCUT2D eigenvalue weighted by Crippen LogP contribution is -2.41. The zero-order valence-electron chi connectivity index (χ0n) is 13.2. The van der Waals surface area contributed by atoms with Gasteiger partial charge in [0.2, 0.25) is 5.88 Å². The molecule has 2 rings (SSSR count). The molecule has 21 heavy (non-hydrogen) atoms. The number of ether oxygens (including phenoxy) is 2. The molecule has 0 bridgehead atoms. The van der Waals surface area contributed by atoms with Crippen molar-refractivity contribution in [2.75, 3.05) is 14.2 Å². The lowest BCUT2D eigenvalue weighted by Gasteiger charge is -2.32. The summed E-state index contributed by atoms with van der Waals surface area (Å²) in [5.74, 6) is -0.156. The SMILES string of the molecule is COC(=O)c1cc(OC)nc(B2OC(C)(C)C(C)(C)O2)c1. The van der Waals surface area contributed by atoms with Crippen molar-refractivity contribution in [2.45, 2.75) is 38.9 Å². The minimum Gasteiger partial charge on any atom is -0.481 e. The van der Waals surface area contributed by atoms with E-state index in [0.29, 0.717) is 17.0 Å². The summed E-state index contributed by atoms with van der Waals surface area (Å²) in [4.78, 5) is 16.0. The number of pyridine rings is 1. The Morgan fingerprint density at radius 1 is 1.14 bits per heavy atom. The number of carbonyl (C=O) groups excluding carboxylic acids is 1. The molecule has 2 heterocycles. The van der Waals surface area contributed by atoms with Crippen LogP contribution in [0.3, 0.4) is 0 Å². The first-order valence-electron chi connectivity index (χ1n) is 6.70. The van der Waals surface area contributed by atoms with E-state index in [1.807, 2.05) is 27.7 Å². The van der Waals surface area contributed by atoms with Crippen LogP contribution in [0.5, 0.6) is 5.88 Å².